The van der Waals surface area contributed by atoms with Crippen molar-refractivity contribution < 1.29 is 18.0 Å². The Bertz CT molecular complexity index is 1030. The number of H-pyrrole nitrogens is 1. The van der Waals surface area contributed by atoms with E-state index in [-0.39, 0.29) is 11.9 Å². The number of rotatable bonds is 7. The van der Waals surface area contributed by atoms with Gasteiger partial charge < -0.3 is 4.90 Å². The van der Waals surface area contributed by atoms with Gasteiger partial charge in [0.1, 0.15) is 6.33 Å². The first kappa shape index (κ1) is 21.4. The van der Waals surface area contributed by atoms with E-state index in [0.29, 0.717) is 16.9 Å². The van der Waals surface area contributed by atoms with E-state index in [0.717, 1.165) is 35.7 Å². The predicted octanol–water partition coefficient (Wildman–Crippen LogP) is 5.48. The molecule has 0 saturated heterocycles. The molecule has 1 atom stereocenters. The molecule has 1 saturated carbocycles. The number of halogens is 3. The second-order valence-electron chi connectivity index (χ2n) is 7.52. The molecule has 0 aliphatic heterocycles. The number of nitrogens with zero attached hydrogens (tertiary/aromatic N) is 3. The van der Waals surface area contributed by atoms with Crippen LogP contribution in [-0.2, 0) is 11.9 Å². The lowest BCUT2D eigenvalue weighted by Gasteiger charge is -2.30. The molecule has 4 rings (SSSR count). The number of carbonyl (C=O) groups is 1. The minimum atomic E-state index is -4.41. The first-order valence-electron chi connectivity index (χ1n) is 9.90. The van der Waals surface area contributed by atoms with Crippen molar-refractivity contribution in [3.05, 3.63) is 77.1 Å². The molecule has 3 aromatic rings. The summed E-state index contributed by atoms with van der Waals surface area (Å²) in [5, 5.41) is 7.31. The maximum Gasteiger partial charge on any atom is 0.416 e. The third-order valence-electron chi connectivity index (χ3n) is 5.26. The van der Waals surface area contributed by atoms with Crippen molar-refractivity contribution in [1.82, 2.24) is 20.1 Å². The number of benzene rings is 2. The molecule has 0 radical (unpaired) electrons. The minimum Gasteiger partial charge on any atom is -0.329 e. The van der Waals surface area contributed by atoms with Crippen LogP contribution in [0, 0.1) is 0 Å². The van der Waals surface area contributed by atoms with Crippen molar-refractivity contribution in [3.63, 3.8) is 0 Å². The number of hydrogen-bond donors (Lipinski definition) is 1. The van der Waals surface area contributed by atoms with Crippen LogP contribution in [0.3, 0.4) is 0 Å². The van der Waals surface area contributed by atoms with Crippen LogP contribution in [0.4, 0.5) is 13.2 Å². The number of thioether (sulfide) groups is 1. The minimum absolute atomic E-state index is 0.0544. The van der Waals surface area contributed by atoms with E-state index in [1.165, 1.54) is 24.2 Å². The van der Waals surface area contributed by atoms with Crippen LogP contribution in [0.1, 0.15) is 52.9 Å². The van der Waals surface area contributed by atoms with E-state index >= 15 is 0 Å². The SMILES string of the molecule is CC(c1cccc(C(F)(F)F)c1)N(C(=O)c1ccc(CSc2ncn[nH]2)cc1)C1CC1. The van der Waals surface area contributed by atoms with E-state index in [1.807, 2.05) is 12.1 Å². The molecule has 5 nitrogen and oxygen atoms in total. The van der Waals surface area contributed by atoms with Crippen LogP contribution < -0.4 is 0 Å². The third-order valence-corrected chi connectivity index (χ3v) is 6.21. The Labute approximate surface area is 182 Å². The highest BCUT2D eigenvalue weighted by Crippen LogP contribution is 2.37. The van der Waals surface area contributed by atoms with E-state index in [9.17, 15) is 18.0 Å². The molecule has 1 N–H and O–H groups in total. The molecule has 1 amide bonds. The molecule has 1 aromatic heterocycles. The quantitative estimate of drug-likeness (QED) is 0.488. The summed E-state index contributed by atoms with van der Waals surface area (Å²) in [6, 6.07) is 12.1. The summed E-state index contributed by atoms with van der Waals surface area (Å²) >= 11 is 1.50. The summed E-state index contributed by atoms with van der Waals surface area (Å²) in [5.74, 6) is 0.512. The molecular formula is C22H21F3N4OS. The second kappa shape index (κ2) is 8.74. The van der Waals surface area contributed by atoms with Gasteiger partial charge in [-0.1, -0.05) is 36.0 Å². The number of nitrogens with one attached hydrogen (secondary N) is 1. The predicted molar refractivity (Wildman–Crippen MR) is 111 cm³/mol. The topological polar surface area (TPSA) is 61.9 Å². The Morgan fingerprint density at radius 3 is 2.58 bits per heavy atom. The van der Waals surface area contributed by atoms with Gasteiger partial charge in [0.15, 0.2) is 5.16 Å². The fourth-order valence-electron chi connectivity index (χ4n) is 3.45. The standard InChI is InChI=1S/C22H21F3N4OS/c1-14(17-3-2-4-18(11-17)22(23,24)25)29(19-9-10-19)20(30)16-7-5-15(6-8-16)12-31-21-26-13-27-28-21/h2-8,11,13-14,19H,9-10,12H2,1H3,(H,26,27,28). The molecule has 1 heterocycles. The molecule has 1 aliphatic carbocycles. The number of carbonyl (C=O) groups excluding carboxylic acids is 1. The fourth-order valence-corrected chi connectivity index (χ4v) is 4.19. The van der Waals surface area contributed by atoms with Crippen molar-refractivity contribution in [2.45, 2.75) is 48.9 Å². The number of hydrogen-bond acceptors (Lipinski definition) is 4. The molecule has 2 aromatic carbocycles. The Morgan fingerprint density at radius 2 is 1.97 bits per heavy atom. The molecular weight excluding hydrogens is 425 g/mol. The largest absolute Gasteiger partial charge is 0.416 e. The number of aromatic nitrogens is 3. The van der Waals surface area contributed by atoms with Gasteiger partial charge in [-0.05, 0) is 55.2 Å². The summed E-state index contributed by atoms with van der Waals surface area (Å²) in [7, 11) is 0. The number of amides is 1. The third kappa shape index (κ3) is 5.10. The molecule has 1 unspecified atom stereocenters. The van der Waals surface area contributed by atoms with Gasteiger partial charge in [-0.3, -0.25) is 9.89 Å². The lowest BCUT2D eigenvalue weighted by atomic mass is 10.0. The highest BCUT2D eigenvalue weighted by molar-refractivity contribution is 7.98. The lowest BCUT2D eigenvalue weighted by Crippen LogP contribution is -2.35. The average molecular weight is 446 g/mol. The van der Waals surface area contributed by atoms with Gasteiger partial charge in [-0.25, -0.2) is 4.98 Å². The maximum atomic E-state index is 13.3. The number of aromatic amines is 1. The monoisotopic (exact) mass is 446 g/mol. The van der Waals surface area contributed by atoms with Crippen molar-refractivity contribution in [1.29, 1.82) is 0 Å². The summed E-state index contributed by atoms with van der Waals surface area (Å²) in [4.78, 5) is 19.0. The first-order chi connectivity index (χ1) is 14.8. The normalized spacial score (nSPS) is 15.0. The molecule has 1 fully saturated rings. The van der Waals surface area contributed by atoms with Gasteiger partial charge in [0.2, 0.25) is 0 Å². The summed E-state index contributed by atoms with van der Waals surface area (Å²) in [6.45, 7) is 1.79. The first-order valence-corrected chi connectivity index (χ1v) is 10.9. The van der Waals surface area contributed by atoms with Crippen molar-refractivity contribution in [2.24, 2.45) is 0 Å². The van der Waals surface area contributed by atoms with Gasteiger partial charge in [0.25, 0.3) is 5.91 Å². The Balaban J connectivity index is 1.50. The van der Waals surface area contributed by atoms with Crippen molar-refractivity contribution >= 4 is 17.7 Å². The van der Waals surface area contributed by atoms with Crippen LogP contribution >= 0.6 is 11.8 Å². The van der Waals surface area contributed by atoms with E-state index in [2.05, 4.69) is 15.2 Å². The smallest absolute Gasteiger partial charge is 0.329 e. The van der Waals surface area contributed by atoms with Gasteiger partial charge >= 0.3 is 6.18 Å². The molecule has 0 spiro atoms. The highest BCUT2D eigenvalue weighted by atomic mass is 32.2. The van der Waals surface area contributed by atoms with E-state index < -0.39 is 17.8 Å². The molecule has 1 aliphatic rings. The van der Waals surface area contributed by atoms with E-state index in [1.54, 1.807) is 30.0 Å². The van der Waals surface area contributed by atoms with Crippen LogP contribution in [0.5, 0.6) is 0 Å². The summed E-state index contributed by atoms with van der Waals surface area (Å²) in [6.07, 6.45) is -1.24. The van der Waals surface area contributed by atoms with E-state index in [4.69, 9.17) is 0 Å². The second-order valence-corrected chi connectivity index (χ2v) is 8.48. The Hall–Kier alpha value is -2.81. The molecule has 0 bridgehead atoms. The number of alkyl halides is 3. The molecule has 162 valence electrons. The Morgan fingerprint density at radius 1 is 1.23 bits per heavy atom. The molecule has 9 heteroatoms. The molecule has 31 heavy (non-hydrogen) atoms. The Kier molecular flexibility index (Phi) is 6.04. The highest BCUT2D eigenvalue weighted by Gasteiger charge is 2.37. The lowest BCUT2D eigenvalue weighted by molar-refractivity contribution is -0.137. The van der Waals surface area contributed by atoms with Gasteiger partial charge in [0, 0.05) is 17.4 Å². The summed E-state index contributed by atoms with van der Waals surface area (Å²) < 4.78 is 39.4. The van der Waals surface area contributed by atoms with Crippen LogP contribution in [-0.4, -0.2) is 32.0 Å². The van der Waals surface area contributed by atoms with Gasteiger partial charge in [-0.15, -0.1) is 0 Å². The zero-order valence-electron chi connectivity index (χ0n) is 16.8. The van der Waals surface area contributed by atoms with Crippen LogP contribution in [0.15, 0.2) is 60.0 Å². The average Bonchev–Trinajstić information content (AvgIpc) is 3.45. The van der Waals surface area contributed by atoms with Crippen LogP contribution in [0.25, 0.3) is 0 Å². The zero-order valence-corrected chi connectivity index (χ0v) is 17.6. The maximum absolute atomic E-state index is 13.3. The zero-order chi connectivity index (χ0) is 22.0. The van der Waals surface area contributed by atoms with Crippen molar-refractivity contribution in [2.75, 3.05) is 0 Å². The van der Waals surface area contributed by atoms with Gasteiger partial charge in [0.05, 0.1) is 11.6 Å². The van der Waals surface area contributed by atoms with Crippen molar-refractivity contribution in [3.8, 4) is 0 Å². The fraction of sp³-hybridized carbons (Fsp3) is 0.318. The van der Waals surface area contributed by atoms with Gasteiger partial charge in [-0.2, -0.15) is 18.3 Å². The van der Waals surface area contributed by atoms with Crippen LogP contribution in [0.2, 0.25) is 0 Å². The summed E-state index contributed by atoms with van der Waals surface area (Å²) in [5.41, 5.74) is 1.34.